The van der Waals surface area contributed by atoms with Gasteiger partial charge in [-0.05, 0) is 25.3 Å². The molecule has 2 heterocycles. The van der Waals surface area contributed by atoms with Crippen LogP contribution in [0, 0.1) is 0 Å². The number of carbonyl (C=O) groups excluding carboxylic acids is 1. The van der Waals surface area contributed by atoms with E-state index in [-0.39, 0.29) is 18.0 Å². The molecule has 4 nitrogen and oxygen atoms in total. The van der Waals surface area contributed by atoms with Crippen molar-refractivity contribution in [2.45, 2.75) is 31.3 Å². The summed E-state index contributed by atoms with van der Waals surface area (Å²) in [5.74, 6) is -0.0757. The van der Waals surface area contributed by atoms with Gasteiger partial charge in [0, 0.05) is 28.5 Å². The molecule has 0 radical (unpaired) electrons. The number of nitrogens with one attached hydrogen (secondary N) is 1. The number of imidazole rings is 1. The molecule has 4 rings (SSSR count). The molecule has 1 aromatic carbocycles. The Morgan fingerprint density at radius 3 is 3.00 bits per heavy atom. The second-order valence-electron chi connectivity index (χ2n) is 5.83. The number of hydrogen-bond acceptors (Lipinski definition) is 3. The first-order valence-corrected chi connectivity index (χ1v) is 8.89. The molecule has 6 heteroatoms. The van der Waals surface area contributed by atoms with Crippen molar-refractivity contribution in [1.82, 2.24) is 14.9 Å². The van der Waals surface area contributed by atoms with E-state index in [4.69, 9.17) is 11.6 Å². The van der Waals surface area contributed by atoms with E-state index in [0.717, 1.165) is 29.3 Å². The smallest absolute Gasteiger partial charge is 0.263 e. The van der Waals surface area contributed by atoms with Gasteiger partial charge >= 0.3 is 0 Å². The average Bonchev–Trinajstić information content (AvgIpc) is 3.27. The van der Waals surface area contributed by atoms with Crippen LogP contribution in [0.2, 0.25) is 5.02 Å². The van der Waals surface area contributed by atoms with E-state index < -0.39 is 0 Å². The Labute approximate surface area is 143 Å². The average molecular weight is 346 g/mol. The molecule has 1 aliphatic rings. The molecule has 2 aromatic heterocycles. The number of halogens is 1. The summed E-state index contributed by atoms with van der Waals surface area (Å²) in [5.41, 5.74) is 0. The minimum absolute atomic E-state index is 0.0757. The molecular formula is C17H16ClN3OS. The summed E-state index contributed by atoms with van der Waals surface area (Å²) in [6.07, 6.45) is 8.70. The number of aromatic nitrogens is 2. The van der Waals surface area contributed by atoms with Crippen LogP contribution >= 0.6 is 22.9 Å². The second-order valence-corrected chi connectivity index (χ2v) is 7.26. The predicted molar refractivity (Wildman–Crippen MR) is 93.2 cm³/mol. The highest BCUT2D eigenvalue weighted by atomic mass is 35.5. The molecule has 1 amide bonds. The van der Waals surface area contributed by atoms with Gasteiger partial charge in [-0.3, -0.25) is 4.79 Å². The molecule has 1 fully saturated rings. The Morgan fingerprint density at radius 1 is 1.35 bits per heavy atom. The van der Waals surface area contributed by atoms with Crippen molar-refractivity contribution >= 4 is 38.9 Å². The first-order chi connectivity index (χ1) is 11.2. The van der Waals surface area contributed by atoms with E-state index in [9.17, 15) is 4.79 Å². The highest BCUT2D eigenvalue weighted by Crippen LogP contribution is 2.36. The van der Waals surface area contributed by atoms with Crippen LogP contribution < -0.4 is 5.32 Å². The number of nitrogens with zero attached hydrogens (tertiary/aromatic N) is 2. The summed E-state index contributed by atoms with van der Waals surface area (Å²) in [7, 11) is 0. The molecule has 0 aliphatic heterocycles. The largest absolute Gasteiger partial charge is 0.346 e. The van der Waals surface area contributed by atoms with E-state index in [2.05, 4.69) is 14.9 Å². The Kier molecular flexibility index (Phi) is 3.83. The number of fused-ring (bicyclic) bond motifs is 1. The first kappa shape index (κ1) is 14.7. The predicted octanol–water partition coefficient (Wildman–Crippen LogP) is 4.27. The Balaban J connectivity index is 1.58. The minimum Gasteiger partial charge on any atom is -0.346 e. The lowest BCUT2D eigenvalue weighted by Crippen LogP contribution is -2.37. The van der Waals surface area contributed by atoms with E-state index in [1.165, 1.54) is 11.3 Å². The third-order valence-electron chi connectivity index (χ3n) is 4.44. The van der Waals surface area contributed by atoms with E-state index in [1.807, 2.05) is 36.8 Å². The number of amides is 1. The van der Waals surface area contributed by atoms with Crippen molar-refractivity contribution in [3.63, 3.8) is 0 Å². The van der Waals surface area contributed by atoms with Crippen molar-refractivity contribution in [2.24, 2.45) is 0 Å². The zero-order valence-electron chi connectivity index (χ0n) is 12.4. The molecular weight excluding hydrogens is 330 g/mol. The lowest BCUT2D eigenvalue weighted by molar-refractivity contribution is 0.0933. The summed E-state index contributed by atoms with van der Waals surface area (Å²) < 4.78 is 3.13. The van der Waals surface area contributed by atoms with Gasteiger partial charge in [0.05, 0.1) is 17.4 Å². The van der Waals surface area contributed by atoms with Crippen LogP contribution in [-0.4, -0.2) is 21.5 Å². The van der Waals surface area contributed by atoms with Gasteiger partial charge in [-0.1, -0.05) is 29.8 Å². The van der Waals surface area contributed by atoms with Crippen molar-refractivity contribution in [2.75, 3.05) is 0 Å². The quantitative estimate of drug-likeness (QED) is 0.770. The van der Waals surface area contributed by atoms with Crippen molar-refractivity contribution < 1.29 is 4.79 Å². The molecule has 1 saturated carbocycles. The van der Waals surface area contributed by atoms with Gasteiger partial charge in [0.15, 0.2) is 0 Å². The van der Waals surface area contributed by atoms with Crippen LogP contribution in [0.5, 0.6) is 0 Å². The topological polar surface area (TPSA) is 46.9 Å². The summed E-state index contributed by atoms with van der Waals surface area (Å²) in [6, 6.07) is 8.24. The van der Waals surface area contributed by atoms with E-state index in [0.29, 0.717) is 9.90 Å². The second kappa shape index (κ2) is 5.98. The minimum atomic E-state index is -0.0757. The van der Waals surface area contributed by atoms with Crippen LogP contribution in [0.15, 0.2) is 43.0 Å². The third-order valence-corrected chi connectivity index (χ3v) is 6.12. The summed E-state index contributed by atoms with van der Waals surface area (Å²) >= 11 is 7.86. The zero-order chi connectivity index (χ0) is 15.8. The lowest BCUT2D eigenvalue weighted by atomic mass is 10.1. The molecule has 0 unspecified atom stereocenters. The molecule has 1 aliphatic carbocycles. The molecule has 0 saturated heterocycles. The molecule has 0 bridgehead atoms. The Morgan fingerprint density at radius 2 is 2.22 bits per heavy atom. The van der Waals surface area contributed by atoms with Gasteiger partial charge in [0.1, 0.15) is 4.88 Å². The molecule has 3 aromatic rings. The number of rotatable bonds is 3. The van der Waals surface area contributed by atoms with Gasteiger partial charge in [-0.25, -0.2) is 4.98 Å². The molecule has 1 N–H and O–H groups in total. The maximum Gasteiger partial charge on any atom is 0.263 e. The number of carbonyl (C=O) groups is 1. The van der Waals surface area contributed by atoms with E-state index in [1.54, 1.807) is 6.20 Å². The maximum atomic E-state index is 12.7. The van der Waals surface area contributed by atoms with Crippen LogP contribution in [0.1, 0.15) is 35.0 Å². The monoisotopic (exact) mass is 345 g/mol. The fourth-order valence-electron chi connectivity index (χ4n) is 3.33. The van der Waals surface area contributed by atoms with Crippen molar-refractivity contribution in [3.8, 4) is 0 Å². The number of hydrogen-bond donors (Lipinski definition) is 1. The molecule has 118 valence electrons. The van der Waals surface area contributed by atoms with Gasteiger partial charge < -0.3 is 9.88 Å². The highest BCUT2D eigenvalue weighted by Gasteiger charge is 2.30. The SMILES string of the molecule is O=C(N[C@H]1CCC[C@@H]1n1ccnc1)c1sc2ccccc2c1Cl. The fourth-order valence-corrected chi connectivity index (χ4v) is 4.75. The summed E-state index contributed by atoms with van der Waals surface area (Å²) in [6.45, 7) is 0. The Bertz CT molecular complexity index is 843. The summed E-state index contributed by atoms with van der Waals surface area (Å²) in [4.78, 5) is 17.4. The van der Waals surface area contributed by atoms with Crippen molar-refractivity contribution in [1.29, 1.82) is 0 Å². The van der Waals surface area contributed by atoms with Gasteiger partial charge in [0.2, 0.25) is 0 Å². The first-order valence-electron chi connectivity index (χ1n) is 7.69. The maximum absolute atomic E-state index is 12.7. The standard InChI is InChI=1S/C17H16ClN3OS/c18-15-11-4-1-2-7-14(11)23-16(15)17(22)20-12-5-3-6-13(12)21-9-8-19-10-21/h1-2,4,7-10,12-13H,3,5-6H2,(H,20,22)/t12-,13-/m0/s1. The molecule has 0 spiro atoms. The highest BCUT2D eigenvalue weighted by molar-refractivity contribution is 7.21. The van der Waals surface area contributed by atoms with Crippen molar-refractivity contribution in [3.05, 3.63) is 52.9 Å². The number of thiophene rings is 1. The number of benzene rings is 1. The van der Waals surface area contributed by atoms with Gasteiger partial charge in [-0.15, -0.1) is 11.3 Å². The third kappa shape index (κ3) is 2.64. The van der Waals surface area contributed by atoms with Crippen LogP contribution in [0.25, 0.3) is 10.1 Å². The molecule has 2 atom stereocenters. The Hall–Kier alpha value is -1.85. The normalized spacial score (nSPS) is 20.9. The zero-order valence-corrected chi connectivity index (χ0v) is 14.0. The summed E-state index contributed by atoms with van der Waals surface area (Å²) in [5, 5.41) is 4.68. The van der Waals surface area contributed by atoms with Crippen LogP contribution in [-0.2, 0) is 0 Å². The lowest BCUT2D eigenvalue weighted by Gasteiger charge is -2.21. The van der Waals surface area contributed by atoms with Crippen LogP contribution in [0.4, 0.5) is 0 Å². The van der Waals surface area contributed by atoms with Gasteiger partial charge in [0.25, 0.3) is 5.91 Å². The van der Waals surface area contributed by atoms with Gasteiger partial charge in [-0.2, -0.15) is 0 Å². The van der Waals surface area contributed by atoms with E-state index >= 15 is 0 Å². The fraction of sp³-hybridized carbons (Fsp3) is 0.294. The van der Waals surface area contributed by atoms with Crippen LogP contribution in [0.3, 0.4) is 0 Å². The molecule has 23 heavy (non-hydrogen) atoms.